The van der Waals surface area contributed by atoms with Gasteiger partial charge in [-0.3, -0.25) is 4.79 Å². The van der Waals surface area contributed by atoms with Gasteiger partial charge in [-0.1, -0.05) is 17.7 Å². The first-order valence-electron chi connectivity index (χ1n) is 8.37. The third-order valence-electron chi connectivity index (χ3n) is 4.22. The van der Waals surface area contributed by atoms with Crippen molar-refractivity contribution < 1.29 is 14.2 Å². The Morgan fingerprint density at radius 3 is 2.79 bits per heavy atom. The molecular weight excluding hydrogens is 465 g/mol. The summed E-state index contributed by atoms with van der Waals surface area (Å²) in [7, 11) is 0. The number of aliphatic hydroxyl groups is 1. The molecular formula is C20H14BrClFN3O3. The second-order valence-electron chi connectivity index (χ2n) is 6.21. The molecule has 29 heavy (non-hydrogen) atoms. The summed E-state index contributed by atoms with van der Waals surface area (Å²) in [5.74, 6) is -1.49. The van der Waals surface area contributed by atoms with Gasteiger partial charge in [-0.25, -0.2) is 9.49 Å². The number of hydrogen-bond acceptors (Lipinski definition) is 5. The van der Waals surface area contributed by atoms with Gasteiger partial charge >= 0.3 is 0 Å². The predicted octanol–water partition coefficient (Wildman–Crippen LogP) is 4.42. The van der Waals surface area contributed by atoms with Crippen molar-refractivity contribution in [2.75, 3.05) is 6.61 Å². The fraction of sp³-hybridized carbons (Fsp3) is 0.150. The van der Waals surface area contributed by atoms with Crippen LogP contribution in [0.4, 0.5) is 4.39 Å². The number of nitrogens with one attached hydrogen (secondary N) is 1. The molecule has 0 aliphatic carbocycles. The quantitative estimate of drug-likeness (QED) is 0.565. The Morgan fingerprint density at radius 2 is 2.14 bits per heavy atom. The van der Waals surface area contributed by atoms with E-state index in [-0.39, 0.29) is 33.2 Å². The van der Waals surface area contributed by atoms with Gasteiger partial charge in [0.25, 0.3) is 5.56 Å². The predicted molar refractivity (Wildman–Crippen MR) is 109 cm³/mol. The molecule has 1 heterocycles. The number of aliphatic hydroxyl groups excluding tert-OH is 1. The summed E-state index contributed by atoms with van der Waals surface area (Å²) in [6, 6.07) is 10.9. The molecule has 0 saturated carbocycles. The third-order valence-corrected chi connectivity index (χ3v) is 5.07. The Bertz CT molecular complexity index is 1180. The lowest BCUT2D eigenvalue weighted by molar-refractivity contribution is 0.275. The van der Waals surface area contributed by atoms with Crippen molar-refractivity contribution in [1.82, 2.24) is 10.2 Å². The van der Waals surface area contributed by atoms with E-state index in [0.717, 1.165) is 0 Å². The van der Waals surface area contributed by atoms with Crippen LogP contribution in [0.25, 0.3) is 0 Å². The van der Waals surface area contributed by atoms with Crippen LogP contribution in [0.1, 0.15) is 28.3 Å². The summed E-state index contributed by atoms with van der Waals surface area (Å²) in [4.78, 5) is 11.6. The van der Waals surface area contributed by atoms with E-state index in [9.17, 15) is 9.90 Å². The number of aromatic nitrogens is 2. The monoisotopic (exact) mass is 477 g/mol. The van der Waals surface area contributed by atoms with Crippen molar-refractivity contribution in [3.05, 3.63) is 84.4 Å². The molecule has 1 aromatic heterocycles. The Balaban J connectivity index is 2.06. The highest BCUT2D eigenvalue weighted by Gasteiger charge is 2.24. The maximum absolute atomic E-state index is 15.3. The fourth-order valence-corrected chi connectivity index (χ4v) is 3.38. The molecule has 0 aliphatic rings. The second kappa shape index (κ2) is 8.74. The van der Waals surface area contributed by atoms with E-state index in [0.29, 0.717) is 15.7 Å². The van der Waals surface area contributed by atoms with Crippen molar-refractivity contribution in [3.8, 4) is 17.6 Å². The van der Waals surface area contributed by atoms with Gasteiger partial charge in [0.1, 0.15) is 5.75 Å². The molecule has 0 bridgehead atoms. The standard InChI is InChI=1S/C20H14BrClFN3O3/c1-10-4-17(25-26-20(10)28)15(9-27)14-2-3-16(21)19(18(14)23)29-13-6-11(8-24)5-12(22)7-13/h2-7,15,27H,9H2,1H3,(H,26,28). The van der Waals surface area contributed by atoms with E-state index >= 15 is 4.39 Å². The van der Waals surface area contributed by atoms with Crippen molar-refractivity contribution in [2.24, 2.45) is 0 Å². The first kappa shape index (κ1) is 21.0. The van der Waals surface area contributed by atoms with Gasteiger partial charge in [-0.2, -0.15) is 10.4 Å². The van der Waals surface area contributed by atoms with Crippen LogP contribution in [0.5, 0.6) is 11.5 Å². The number of hydrogen-bond donors (Lipinski definition) is 2. The number of ether oxygens (including phenoxy) is 1. The van der Waals surface area contributed by atoms with Crippen LogP contribution in [0.2, 0.25) is 5.02 Å². The van der Waals surface area contributed by atoms with Crippen LogP contribution in [-0.4, -0.2) is 21.9 Å². The number of H-pyrrole nitrogens is 1. The van der Waals surface area contributed by atoms with Crippen molar-refractivity contribution in [3.63, 3.8) is 0 Å². The zero-order valence-electron chi connectivity index (χ0n) is 15.0. The number of rotatable bonds is 5. The molecule has 9 heteroatoms. The lowest BCUT2D eigenvalue weighted by atomic mass is 9.95. The zero-order valence-corrected chi connectivity index (χ0v) is 17.4. The Kier molecular flexibility index (Phi) is 6.33. The number of aryl methyl sites for hydroxylation is 1. The summed E-state index contributed by atoms with van der Waals surface area (Å²) in [5, 5.41) is 25.5. The van der Waals surface area contributed by atoms with Crippen LogP contribution < -0.4 is 10.3 Å². The van der Waals surface area contributed by atoms with Gasteiger partial charge in [0.05, 0.1) is 34.3 Å². The molecule has 1 unspecified atom stereocenters. The normalized spacial score (nSPS) is 11.7. The average molecular weight is 479 g/mol. The van der Waals surface area contributed by atoms with Crippen LogP contribution in [0.3, 0.4) is 0 Å². The minimum Gasteiger partial charge on any atom is -0.453 e. The van der Waals surface area contributed by atoms with E-state index in [2.05, 4.69) is 26.1 Å². The van der Waals surface area contributed by atoms with Gasteiger partial charge < -0.3 is 9.84 Å². The highest BCUT2D eigenvalue weighted by Crippen LogP contribution is 2.38. The molecule has 148 valence electrons. The van der Waals surface area contributed by atoms with Crippen LogP contribution in [0, 0.1) is 24.1 Å². The first-order valence-corrected chi connectivity index (χ1v) is 9.54. The SMILES string of the molecule is Cc1cc(C(CO)c2ccc(Br)c(Oc3cc(Cl)cc(C#N)c3)c2F)n[nH]c1=O. The summed E-state index contributed by atoms with van der Waals surface area (Å²) >= 11 is 9.23. The van der Waals surface area contributed by atoms with Crippen molar-refractivity contribution in [1.29, 1.82) is 5.26 Å². The van der Waals surface area contributed by atoms with Crippen molar-refractivity contribution in [2.45, 2.75) is 12.8 Å². The molecule has 0 radical (unpaired) electrons. The molecule has 3 rings (SSSR count). The van der Waals surface area contributed by atoms with E-state index < -0.39 is 18.3 Å². The van der Waals surface area contributed by atoms with E-state index in [1.165, 1.54) is 30.3 Å². The maximum atomic E-state index is 15.3. The molecule has 3 aromatic rings. The van der Waals surface area contributed by atoms with E-state index in [1.807, 2.05) is 6.07 Å². The molecule has 1 atom stereocenters. The molecule has 0 fully saturated rings. The summed E-state index contributed by atoms with van der Waals surface area (Å²) in [6.45, 7) is 1.16. The molecule has 2 N–H and O–H groups in total. The largest absolute Gasteiger partial charge is 0.453 e. The number of aromatic amines is 1. The van der Waals surface area contributed by atoms with Gasteiger partial charge in [-0.15, -0.1) is 0 Å². The second-order valence-corrected chi connectivity index (χ2v) is 7.50. The molecule has 0 saturated heterocycles. The van der Waals surface area contributed by atoms with E-state index in [1.54, 1.807) is 13.0 Å². The smallest absolute Gasteiger partial charge is 0.267 e. The average Bonchev–Trinajstić information content (AvgIpc) is 2.69. The van der Waals surface area contributed by atoms with Crippen molar-refractivity contribution >= 4 is 27.5 Å². The minimum absolute atomic E-state index is 0.131. The molecule has 0 aliphatic heterocycles. The molecule has 6 nitrogen and oxygen atoms in total. The number of halogens is 3. The summed E-state index contributed by atoms with van der Waals surface area (Å²) in [5.41, 5.74) is 0.741. The zero-order chi connectivity index (χ0) is 21.1. The van der Waals surface area contributed by atoms with Gasteiger partial charge in [0, 0.05) is 16.1 Å². The lowest BCUT2D eigenvalue weighted by Gasteiger charge is -2.18. The maximum Gasteiger partial charge on any atom is 0.267 e. The number of nitriles is 1. The van der Waals surface area contributed by atoms with Crippen LogP contribution in [0.15, 0.2) is 45.7 Å². The van der Waals surface area contributed by atoms with Crippen LogP contribution in [-0.2, 0) is 0 Å². The number of nitrogens with zero attached hydrogens (tertiary/aromatic N) is 2. The lowest BCUT2D eigenvalue weighted by Crippen LogP contribution is -2.17. The topological polar surface area (TPSA) is 99.0 Å². The fourth-order valence-electron chi connectivity index (χ4n) is 2.77. The van der Waals surface area contributed by atoms with Gasteiger partial charge in [0.15, 0.2) is 11.6 Å². The minimum atomic E-state index is -0.824. The van der Waals surface area contributed by atoms with E-state index in [4.69, 9.17) is 21.6 Å². The Hall–Kier alpha value is -2.73. The number of benzene rings is 2. The highest BCUT2D eigenvalue weighted by atomic mass is 79.9. The molecule has 0 amide bonds. The summed E-state index contributed by atoms with van der Waals surface area (Å²) < 4.78 is 21.3. The van der Waals surface area contributed by atoms with Gasteiger partial charge in [-0.05, 0) is 53.2 Å². The third kappa shape index (κ3) is 4.48. The highest BCUT2D eigenvalue weighted by molar-refractivity contribution is 9.10. The Labute approximate surface area is 178 Å². The first-order chi connectivity index (χ1) is 13.8. The molecule has 2 aromatic carbocycles. The molecule has 0 spiro atoms. The Morgan fingerprint density at radius 1 is 1.38 bits per heavy atom. The van der Waals surface area contributed by atoms with Crippen LogP contribution >= 0.6 is 27.5 Å². The summed E-state index contributed by atoms with van der Waals surface area (Å²) in [6.07, 6.45) is 0. The van der Waals surface area contributed by atoms with Gasteiger partial charge in [0.2, 0.25) is 0 Å².